The number of hydrogen-bond donors (Lipinski definition) is 0. The van der Waals surface area contributed by atoms with E-state index in [0.29, 0.717) is 10.9 Å². The first-order valence-electron chi connectivity index (χ1n) is 14.9. The van der Waals surface area contributed by atoms with E-state index in [1.54, 1.807) is 0 Å². The van der Waals surface area contributed by atoms with Gasteiger partial charge in [0.05, 0.1) is 6.26 Å². The fourth-order valence-electron chi connectivity index (χ4n) is 5.84. The van der Waals surface area contributed by atoms with E-state index in [4.69, 9.17) is 0 Å². The van der Waals surface area contributed by atoms with Crippen molar-refractivity contribution >= 4 is 38.9 Å². The third kappa shape index (κ3) is 6.82. The lowest BCUT2D eigenvalue weighted by Gasteiger charge is -2.44. The van der Waals surface area contributed by atoms with Gasteiger partial charge >= 0.3 is 0 Å². The molecule has 300 valence electrons. The molecule has 0 bridgehead atoms. The molecule has 5 aromatic carbocycles. The summed E-state index contributed by atoms with van der Waals surface area (Å²) in [5.41, 5.74) is -12.9. The van der Waals surface area contributed by atoms with Crippen molar-refractivity contribution < 1.29 is 87.8 Å². The van der Waals surface area contributed by atoms with E-state index in [-0.39, 0.29) is 0 Å². The average Bonchev–Trinajstić information content (AvgIpc) is 3.18. The zero-order valence-electron chi connectivity index (χ0n) is 27.3. The van der Waals surface area contributed by atoms with Crippen LogP contribution in [0.25, 0.3) is 0 Å². The van der Waals surface area contributed by atoms with Crippen LogP contribution < -0.4 is 21.9 Å². The Labute approximate surface area is 303 Å². The first kappa shape index (κ1) is 43.8. The van der Waals surface area contributed by atoms with Gasteiger partial charge in [-0.05, 0) is 17.8 Å². The second-order valence-electron chi connectivity index (χ2n) is 11.5. The van der Waals surface area contributed by atoms with E-state index in [2.05, 4.69) is 43.5 Å². The molecule has 1 unspecified atom stereocenters. The Balaban J connectivity index is 0.000000544. The van der Waals surface area contributed by atoms with Crippen molar-refractivity contribution in [1.29, 1.82) is 0 Å². The summed E-state index contributed by atoms with van der Waals surface area (Å²) in [6, 6.07) is 10.7. The van der Waals surface area contributed by atoms with Crippen LogP contribution in [0.5, 0.6) is 0 Å². The molecule has 0 heterocycles. The number of rotatable bonds is 7. The lowest BCUT2D eigenvalue weighted by atomic mass is 9.12. The van der Waals surface area contributed by atoms with Gasteiger partial charge in [0.2, 0.25) is 0 Å². The normalized spacial score (nSPS) is 12.2. The summed E-state index contributed by atoms with van der Waals surface area (Å²) in [4.78, 5) is 0. The van der Waals surface area contributed by atoms with Gasteiger partial charge in [-0.15, -0.1) is 21.9 Å². The molecule has 0 saturated carbocycles. The molecule has 0 aliphatic heterocycles. The van der Waals surface area contributed by atoms with Gasteiger partial charge in [-0.3, -0.25) is 0 Å². The Hall–Kier alpha value is -4.89. The van der Waals surface area contributed by atoms with E-state index in [1.165, 1.54) is 17.1 Å². The van der Waals surface area contributed by atoms with Gasteiger partial charge in [0.25, 0.3) is 0 Å². The molecule has 0 radical (unpaired) electrons. The fourth-order valence-corrected chi connectivity index (χ4v) is 6.80. The Kier molecular flexibility index (Phi) is 12.8. The molecule has 22 heteroatoms. The highest BCUT2D eigenvalue weighted by molar-refractivity contribution is 7.95. The minimum Gasteiger partial charge on any atom is -0.207 e. The van der Waals surface area contributed by atoms with Crippen LogP contribution in [0.2, 0.25) is 0 Å². The van der Waals surface area contributed by atoms with Gasteiger partial charge in [-0.2, -0.15) is 0 Å². The van der Waals surface area contributed by atoms with Crippen LogP contribution in [0.1, 0.15) is 12.5 Å². The van der Waals surface area contributed by atoms with E-state index >= 15 is 35.1 Å². The monoisotopic (exact) mass is 846 g/mol. The second-order valence-corrected chi connectivity index (χ2v) is 13.9. The highest BCUT2D eigenvalue weighted by Gasteiger charge is 2.52. The van der Waals surface area contributed by atoms with Crippen molar-refractivity contribution in [2.75, 3.05) is 12.0 Å². The molecule has 0 N–H and O–H groups in total. The molecule has 0 nitrogen and oxygen atoms in total. The molecule has 0 aromatic heterocycles. The van der Waals surface area contributed by atoms with Gasteiger partial charge in [0.1, 0.15) is 64.2 Å². The fraction of sp³-hybridized carbons (Fsp3) is 0.118. The van der Waals surface area contributed by atoms with E-state index in [9.17, 15) is 52.7 Å². The van der Waals surface area contributed by atoms with Crippen molar-refractivity contribution in [1.82, 2.24) is 0 Å². The van der Waals surface area contributed by atoms with Crippen LogP contribution >= 0.6 is 0 Å². The standard InChI is InChI=1S/C24BF20.C10H15S/c26-5-1(6(27)14(35)21(42)13(5)34)25(2-7(28)15(36)22(43)16(37)8(2)29,3-9(30)17(38)23(44)18(39)10(3)31)4-11(32)19(40)24(45)20(41)12(4)33;1-3-11(2)9-10-7-5-4-6-8-10/h;4-8H,3,9H2,1-2H3/q-1;+1. The van der Waals surface area contributed by atoms with Gasteiger partial charge in [-0.25, -0.2) is 87.8 Å². The maximum absolute atomic E-state index is 15.4. The molecule has 0 saturated heterocycles. The molecule has 0 spiro atoms. The molecule has 0 amide bonds. The number of benzene rings is 5. The summed E-state index contributed by atoms with van der Waals surface area (Å²) in [7, 11) is 0.572. The summed E-state index contributed by atoms with van der Waals surface area (Å²) in [5, 5.41) is 0. The molecule has 0 aliphatic rings. The quantitative estimate of drug-likeness (QED) is 0.0509. The minimum atomic E-state index is -7.22. The van der Waals surface area contributed by atoms with Crippen molar-refractivity contribution in [2.45, 2.75) is 12.7 Å². The number of halogens is 20. The van der Waals surface area contributed by atoms with Gasteiger partial charge in [-0.1, -0.05) is 30.3 Å². The number of hydrogen-bond acceptors (Lipinski definition) is 0. The van der Waals surface area contributed by atoms with Crippen LogP contribution in [0.15, 0.2) is 30.3 Å². The van der Waals surface area contributed by atoms with Crippen molar-refractivity contribution in [2.24, 2.45) is 0 Å². The second kappa shape index (κ2) is 16.3. The highest BCUT2D eigenvalue weighted by Crippen LogP contribution is 2.30. The third-order valence-electron chi connectivity index (χ3n) is 8.46. The zero-order chi connectivity index (χ0) is 42.5. The van der Waals surface area contributed by atoms with E-state index < -0.39 is 144 Å². The molecule has 5 aromatic rings. The predicted molar refractivity (Wildman–Crippen MR) is 163 cm³/mol. The molecule has 0 aliphatic carbocycles. The average molecular weight is 846 g/mol. The van der Waals surface area contributed by atoms with Crippen LogP contribution in [-0.2, 0) is 16.6 Å². The first-order chi connectivity index (χ1) is 26.0. The first-order valence-corrected chi connectivity index (χ1v) is 16.9. The smallest absolute Gasteiger partial charge is 0.200 e. The van der Waals surface area contributed by atoms with Crippen LogP contribution in [-0.4, -0.2) is 18.2 Å². The minimum absolute atomic E-state index is 0.572. The lowest BCUT2D eigenvalue weighted by Crippen LogP contribution is -2.81. The maximum atomic E-state index is 15.4. The summed E-state index contributed by atoms with van der Waals surface area (Å²) in [6.07, 6.45) is -4.89. The molecule has 5 rings (SSSR count). The van der Waals surface area contributed by atoms with E-state index in [1.807, 2.05) is 0 Å². The van der Waals surface area contributed by atoms with E-state index in [0.717, 1.165) is 0 Å². The molecular formula is C34H15BF20S. The zero-order valence-corrected chi connectivity index (χ0v) is 28.2. The topological polar surface area (TPSA) is 0 Å². The largest absolute Gasteiger partial charge is 0.207 e. The lowest BCUT2D eigenvalue weighted by molar-refractivity contribution is 0.378. The Morgan fingerprint density at radius 1 is 0.339 bits per heavy atom. The molecular weight excluding hydrogens is 831 g/mol. The van der Waals surface area contributed by atoms with Crippen molar-refractivity contribution in [3.05, 3.63) is 152 Å². The SMILES string of the molecule is CC[S+](C)Cc1ccccc1.Fc1c(F)c(F)c([B-](c2c(F)c(F)c(F)c(F)c2F)(c2c(F)c(F)c(F)c(F)c2F)c2c(F)c(F)c(F)c(F)c2F)c(F)c1F. The Morgan fingerprint density at radius 2 is 0.536 bits per heavy atom. The summed E-state index contributed by atoms with van der Waals surface area (Å²) in [6.45, 7) is 2.26. The van der Waals surface area contributed by atoms with Crippen LogP contribution in [0, 0.1) is 116 Å². The summed E-state index contributed by atoms with van der Waals surface area (Å²) < 4.78 is 294. The summed E-state index contributed by atoms with van der Waals surface area (Å²) in [5.74, 6) is -68.9. The van der Waals surface area contributed by atoms with Crippen LogP contribution in [0.4, 0.5) is 87.8 Å². The van der Waals surface area contributed by atoms with Gasteiger partial charge < -0.3 is 0 Å². The predicted octanol–water partition coefficient (Wildman–Crippen LogP) is 8.30. The van der Waals surface area contributed by atoms with Gasteiger partial charge in [0.15, 0.2) is 69.8 Å². The molecule has 1 atom stereocenters. The van der Waals surface area contributed by atoms with Crippen molar-refractivity contribution in [3.63, 3.8) is 0 Å². The van der Waals surface area contributed by atoms with Gasteiger partial charge in [0, 0.05) is 5.56 Å². The third-order valence-corrected chi connectivity index (χ3v) is 10.3. The summed E-state index contributed by atoms with van der Waals surface area (Å²) >= 11 is 0. The Bertz CT molecular complexity index is 1970. The maximum Gasteiger partial charge on any atom is 0.200 e. The molecule has 0 fully saturated rings. The van der Waals surface area contributed by atoms with Crippen LogP contribution in [0.3, 0.4) is 0 Å². The van der Waals surface area contributed by atoms with Crippen molar-refractivity contribution in [3.8, 4) is 0 Å². The highest BCUT2D eigenvalue weighted by atomic mass is 32.2. The Morgan fingerprint density at radius 3 is 0.732 bits per heavy atom. The molecule has 56 heavy (non-hydrogen) atoms.